The molecule has 0 unspecified atom stereocenters. The monoisotopic (exact) mass is 485 g/mol. The summed E-state index contributed by atoms with van der Waals surface area (Å²) in [4.78, 5) is 23.9. The van der Waals surface area contributed by atoms with E-state index >= 15 is 0 Å². The van der Waals surface area contributed by atoms with Crippen LogP contribution in [0.15, 0.2) is 6.07 Å². The predicted octanol–water partition coefficient (Wildman–Crippen LogP) is 3.01. The summed E-state index contributed by atoms with van der Waals surface area (Å²) in [5, 5.41) is 10.4. The van der Waals surface area contributed by atoms with Gasteiger partial charge in [0.15, 0.2) is 5.82 Å². The molecule has 0 saturated heterocycles. The van der Waals surface area contributed by atoms with E-state index in [-0.39, 0.29) is 38.1 Å². The summed E-state index contributed by atoms with van der Waals surface area (Å²) in [6, 6.07) is 2.14. The van der Waals surface area contributed by atoms with Gasteiger partial charge in [-0.15, -0.1) is 21.5 Å². The van der Waals surface area contributed by atoms with Crippen LogP contribution in [0.4, 0.5) is 23.8 Å². The van der Waals surface area contributed by atoms with E-state index in [9.17, 15) is 18.0 Å². The van der Waals surface area contributed by atoms with Crippen LogP contribution in [0.25, 0.3) is 10.2 Å². The molecule has 14 heteroatoms. The van der Waals surface area contributed by atoms with Crippen molar-refractivity contribution in [2.45, 2.75) is 39.0 Å². The van der Waals surface area contributed by atoms with Gasteiger partial charge in [0, 0.05) is 18.0 Å². The lowest BCUT2D eigenvalue weighted by molar-refractivity contribution is -0.147. The minimum Gasteiger partial charge on any atom is -0.461 e. The van der Waals surface area contributed by atoms with Gasteiger partial charge in [0.1, 0.15) is 17.3 Å². The van der Waals surface area contributed by atoms with Crippen LogP contribution in [-0.4, -0.2) is 57.6 Å². The summed E-state index contributed by atoms with van der Waals surface area (Å²) in [6.45, 7) is 2.89. The molecule has 0 saturated carbocycles. The van der Waals surface area contributed by atoms with Crippen LogP contribution in [0.2, 0.25) is 0 Å². The second-order valence-corrected chi connectivity index (χ2v) is 8.40. The topological polar surface area (TPSA) is 107 Å². The molecule has 0 aliphatic carbocycles. The third-order valence-electron chi connectivity index (χ3n) is 4.99. The fraction of sp³-hybridized carbons (Fsp3) is 0.526. The summed E-state index contributed by atoms with van der Waals surface area (Å²) < 4.78 is 50.8. The molecule has 0 atom stereocenters. The summed E-state index contributed by atoms with van der Waals surface area (Å²) in [6.07, 6.45) is -3.29. The van der Waals surface area contributed by atoms with Crippen molar-refractivity contribution in [3.8, 4) is 6.01 Å². The van der Waals surface area contributed by atoms with E-state index in [4.69, 9.17) is 4.74 Å². The maximum atomic E-state index is 13.2. The van der Waals surface area contributed by atoms with Crippen molar-refractivity contribution < 1.29 is 27.4 Å². The smallest absolute Gasteiger partial charge is 0.451 e. The Morgan fingerprint density at radius 2 is 2.09 bits per heavy atom. The van der Waals surface area contributed by atoms with Gasteiger partial charge in [-0.3, -0.25) is 0 Å². The zero-order chi connectivity index (χ0) is 23.6. The van der Waals surface area contributed by atoms with Crippen LogP contribution >= 0.6 is 11.3 Å². The van der Waals surface area contributed by atoms with Crippen molar-refractivity contribution in [3.05, 3.63) is 22.6 Å². The number of thiophene rings is 1. The highest BCUT2D eigenvalue weighted by Crippen LogP contribution is 2.35. The number of rotatable bonds is 7. The third kappa shape index (κ3) is 4.94. The molecule has 178 valence electrons. The van der Waals surface area contributed by atoms with Crippen LogP contribution in [0.1, 0.15) is 29.9 Å². The van der Waals surface area contributed by atoms with Gasteiger partial charge < -0.3 is 24.3 Å². The lowest BCUT2D eigenvalue weighted by Gasteiger charge is -2.29. The molecular formula is C19H22F3N7O3S. The van der Waals surface area contributed by atoms with E-state index < -0.39 is 18.1 Å². The number of carbonyl (C=O) groups is 1. The highest BCUT2D eigenvalue weighted by molar-refractivity contribution is 7.18. The molecular weight excluding hydrogens is 463 g/mol. The van der Waals surface area contributed by atoms with E-state index in [1.807, 2.05) is 11.0 Å². The number of alkyl carbamates (subject to hydrolysis) is 1. The summed E-state index contributed by atoms with van der Waals surface area (Å²) in [5.41, 5.74) is 0. The quantitative estimate of drug-likeness (QED) is 0.509. The zero-order valence-corrected chi connectivity index (χ0v) is 18.8. The Balaban J connectivity index is 1.61. The fourth-order valence-corrected chi connectivity index (χ4v) is 4.64. The normalized spacial score (nSPS) is 13.8. The van der Waals surface area contributed by atoms with Crippen molar-refractivity contribution in [1.29, 1.82) is 0 Å². The molecule has 0 fully saturated rings. The Hall–Kier alpha value is -3.16. The Labute approximate surface area is 190 Å². The Morgan fingerprint density at radius 3 is 2.82 bits per heavy atom. The maximum Gasteiger partial charge on any atom is 0.451 e. The highest BCUT2D eigenvalue weighted by Gasteiger charge is 2.39. The molecule has 0 bridgehead atoms. The SMILES string of the molecule is CCCc1cc2c(N3CCn4c(nnc4C(F)(F)F)C3)nc(OCCNC(=O)OC)nc2s1. The number of aromatic nitrogens is 5. The van der Waals surface area contributed by atoms with Gasteiger partial charge in [-0.05, 0) is 12.5 Å². The minimum absolute atomic E-state index is 0.0772. The minimum atomic E-state index is -4.56. The Bertz CT molecular complexity index is 1150. The second-order valence-electron chi connectivity index (χ2n) is 7.29. The fourth-order valence-electron chi connectivity index (χ4n) is 3.53. The standard InChI is InChI=1S/C19H22F3N7O3S/c1-3-4-11-9-12-14(24-17(25-15(12)33-11)32-8-5-23-18(30)31-2)28-6-7-29-13(10-28)26-27-16(29)19(20,21)22/h9H,3-8,10H2,1-2H3,(H,23,30). The van der Waals surface area contributed by atoms with E-state index in [0.29, 0.717) is 12.4 Å². The van der Waals surface area contributed by atoms with Crippen LogP contribution < -0.4 is 15.0 Å². The molecule has 33 heavy (non-hydrogen) atoms. The van der Waals surface area contributed by atoms with Crippen molar-refractivity contribution in [2.75, 3.05) is 31.7 Å². The molecule has 1 aliphatic heterocycles. The van der Waals surface area contributed by atoms with Gasteiger partial charge in [0.2, 0.25) is 5.82 Å². The number of anilines is 1. The molecule has 3 aromatic rings. The molecule has 3 aromatic heterocycles. The third-order valence-corrected chi connectivity index (χ3v) is 6.08. The number of hydrogen-bond acceptors (Lipinski definition) is 9. The van der Waals surface area contributed by atoms with Crippen molar-refractivity contribution in [3.63, 3.8) is 0 Å². The van der Waals surface area contributed by atoms with Gasteiger partial charge in [-0.25, -0.2) is 4.79 Å². The molecule has 1 N–H and O–H groups in total. The van der Waals surface area contributed by atoms with Crippen LogP contribution in [-0.2, 0) is 30.4 Å². The Morgan fingerprint density at radius 1 is 1.27 bits per heavy atom. The molecule has 4 heterocycles. The van der Waals surface area contributed by atoms with Crippen molar-refractivity contribution >= 4 is 33.5 Å². The lowest BCUT2D eigenvalue weighted by atomic mass is 10.2. The summed E-state index contributed by atoms with van der Waals surface area (Å²) in [5.74, 6) is -0.209. The average Bonchev–Trinajstić information content (AvgIpc) is 3.39. The number of alkyl halides is 3. The van der Waals surface area contributed by atoms with E-state index in [1.54, 1.807) is 0 Å². The molecule has 0 aromatic carbocycles. The Kier molecular flexibility index (Phi) is 6.54. The first-order valence-corrected chi connectivity index (χ1v) is 11.1. The van der Waals surface area contributed by atoms with Gasteiger partial charge in [0.25, 0.3) is 0 Å². The lowest BCUT2D eigenvalue weighted by Crippen LogP contribution is -2.36. The number of nitrogens with zero attached hydrogens (tertiary/aromatic N) is 6. The first kappa shape index (κ1) is 23.0. The molecule has 0 spiro atoms. The molecule has 10 nitrogen and oxygen atoms in total. The van der Waals surface area contributed by atoms with Crippen LogP contribution in [0.5, 0.6) is 6.01 Å². The van der Waals surface area contributed by atoms with E-state index in [1.165, 1.54) is 18.4 Å². The second kappa shape index (κ2) is 9.37. The summed E-state index contributed by atoms with van der Waals surface area (Å²) in [7, 11) is 1.27. The van der Waals surface area contributed by atoms with Gasteiger partial charge in [-0.1, -0.05) is 13.3 Å². The predicted molar refractivity (Wildman–Crippen MR) is 113 cm³/mol. The first-order chi connectivity index (χ1) is 15.8. The number of aryl methyl sites for hydroxylation is 1. The zero-order valence-electron chi connectivity index (χ0n) is 18.0. The number of methoxy groups -OCH3 is 1. The first-order valence-electron chi connectivity index (χ1n) is 10.3. The van der Waals surface area contributed by atoms with Crippen molar-refractivity contribution in [1.82, 2.24) is 30.0 Å². The van der Waals surface area contributed by atoms with Gasteiger partial charge in [0.05, 0.1) is 25.6 Å². The largest absolute Gasteiger partial charge is 0.461 e. The number of ether oxygens (including phenoxy) is 2. The number of nitrogens with one attached hydrogen (secondary N) is 1. The number of amides is 1. The number of fused-ring (bicyclic) bond motifs is 2. The number of hydrogen-bond donors (Lipinski definition) is 1. The number of carbonyl (C=O) groups excluding carboxylic acids is 1. The highest BCUT2D eigenvalue weighted by atomic mass is 32.1. The molecule has 0 radical (unpaired) electrons. The van der Waals surface area contributed by atoms with E-state index in [2.05, 4.69) is 37.1 Å². The summed E-state index contributed by atoms with van der Waals surface area (Å²) >= 11 is 1.53. The van der Waals surface area contributed by atoms with Crippen LogP contribution in [0.3, 0.4) is 0 Å². The molecule has 1 aliphatic rings. The average molecular weight is 485 g/mol. The molecule has 1 amide bonds. The van der Waals surface area contributed by atoms with Crippen molar-refractivity contribution in [2.24, 2.45) is 0 Å². The van der Waals surface area contributed by atoms with Gasteiger partial charge >= 0.3 is 18.3 Å². The van der Waals surface area contributed by atoms with Crippen LogP contribution in [0, 0.1) is 0 Å². The van der Waals surface area contributed by atoms with E-state index in [0.717, 1.165) is 32.5 Å². The van der Waals surface area contributed by atoms with Gasteiger partial charge in [-0.2, -0.15) is 23.1 Å². The maximum absolute atomic E-state index is 13.2. The number of halogens is 3. The molecule has 4 rings (SSSR count).